The Bertz CT molecular complexity index is 571. The summed E-state index contributed by atoms with van der Waals surface area (Å²) in [7, 11) is 0. The van der Waals surface area contributed by atoms with Crippen molar-refractivity contribution < 1.29 is 4.92 Å². The second-order valence-corrected chi connectivity index (χ2v) is 4.08. The lowest BCUT2D eigenvalue weighted by Gasteiger charge is -2.12. The van der Waals surface area contributed by atoms with Crippen LogP contribution >= 0.6 is 0 Å². The number of nitrogens with zero attached hydrogens (tertiary/aromatic N) is 3. The first-order valence-electron chi connectivity index (χ1n) is 5.94. The molecule has 100 valence electrons. The SMILES string of the molecule is CCCn1c(C)c([N+](=O)[O-])c(=O)n(CCC)c1=O. The smallest absolute Gasteiger partial charge is 0.291 e. The van der Waals surface area contributed by atoms with Gasteiger partial charge in [-0.05, 0) is 19.8 Å². The maximum absolute atomic E-state index is 12.1. The Morgan fingerprint density at radius 2 is 1.61 bits per heavy atom. The Kier molecular flexibility index (Phi) is 4.41. The molecule has 0 fully saturated rings. The molecule has 0 N–H and O–H groups in total. The molecule has 1 heterocycles. The average Bonchev–Trinajstić information content (AvgIpc) is 2.30. The first kappa shape index (κ1) is 14.1. The number of hydrogen-bond acceptors (Lipinski definition) is 4. The van der Waals surface area contributed by atoms with E-state index in [0.717, 1.165) is 4.57 Å². The normalized spacial score (nSPS) is 10.6. The summed E-state index contributed by atoms with van der Waals surface area (Å²) < 4.78 is 2.25. The molecule has 18 heavy (non-hydrogen) atoms. The molecule has 0 atom stereocenters. The number of rotatable bonds is 5. The van der Waals surface area contributed by atoms with Crippen LogP contribution in [0.4, 0.5) is 5.69 Å². The standard InChI is InChI=1S/C11H17N3O4/c1-4-6-12-8(3)9(14(17)18)10(15)13(7-5-2)11(12)16/h4-7H2,1-3H3. The minimum absolute atomic E-state index is 0.129. The molecule has 7 heteroatoms. The zero-order valence-corrected chi connectivity index (χ0v) is 10.8. The summed E-state index contributed by atoms with van der Waals surface area (Å²) in [5.41, 5.74) is -1.65. The van der Waals surface area contributed by atoms with Gasteiger partial charge >= 0.3 is 16.9 Å². The van der Waals surface area contributed by atoms with E-state index in [-0.39, 0.29) is 12.2 Å². The summed E-state index contributed by atoms with van der Waals surface area (Å²) in [6, 6.07) is 0. The molecule has 0 unspecified atom stereocenters. The van der Waals surface area contributed by atoms with E-state index in [0.29, 0.717) is 19.4 Å². The van der Waals surface area contributed by atoms with E-state index in [1.54, 1.807) is 0 Å². The van der Waals surface area contributed by atoms with Crippen molar-refractivity contribution in [1.29, 1.82) is 0 Å². The maximum atomic E-state index is 12.1. The van der Waals surface area contributed by atoms with Crippen LogP contribution in [0, 0.1) is 17.0 Å². The highest BCUT2D eigenvalue weighted by atomic mass is 16.6. The van der Waals surface area contributed by atoms with Gasteiger partial charge in [0.1, 0.15) is 5.69 Å². The Hall–Kier alpha value is -1.92. The fourth-order valence-corrected chi connectivity index (χ4v) is 1.90. The predicted octanol–water partition coefficient (Wildman–Crippen LogP) is 1.05. The molecule has 0 aliphatic rings. The zero-order chi connectivity index (χ0) is 13.9. The van der Waals surface area contributed by atoms with E-state index in [9.17, 15) is 19.7 Å². The van der Waals surface area contributed by atoms with Crippen molar-refractivity contribution in [3.8, 4) is 0 Å². The van der Waals surface area contributed by atoms with Crippen LogP contribution < -0.4 is 11.2 Å². The lowest BCUT2D eigenvalue weighted by atomic mass is 10.3. The second kappa shape index (κ2) is 5.61. The molecule has 0 aromatic carbocycles. The highest BCUT2D eigenvalue weighted by Gasteiger charge is 2.24. The lowest BCUT2D eigenvalue weighted by Crippen LogP contribution is -2.42. The van der Waals surface area contributed by atoms with Crippen molar-refractivity contribution in [1.82, 2.24) is 9.13 Å². The Morgan fingerprint density at radius 1 is 1.11 bits per heavy atom. The largest absolute Gasteiger partial charge is 0.353 e. The number of aromatic nitrogens is 2. The Balaban J connectivity index is 3.70. The molecule has 1 aromatic rings. The lowest BCUT2D eigenvalue weighted by molar-refractivity contribution is -0.387. The number of hydrogen-bond donors (Lipinski definition) is 0. The van der Waals surface area contributed by atoms with Crippen molar-refractivity contribution in [2.24, 2.45) is 0 Å². The first-order valence-corrected chi connectivity index (χ1v) is 5.94. The van der Waals surface area contributed by atoms with Gasteiger partial charge in [-0.25, -0.2) is 4.79 Å². The molecule has 1 aromatic heterocycles. The van der Waals surface area contributed by atoms with Crippen molar-refractivity contribution in [2.75, 3.05) is 0 Å². The first-order chi connectivity index (χ1) is 8.45. The summed E-state index contributed by atoms with van der Waals surface area (Å²) in [4.78, 5) is 34.2. The van der Waals surface area contributed by atoms with Gasteiger partial charge in [0.2, 0.25) is 0 Å². The van der Waals surface area contributed by atoms with Crippen LogP contribution in [-0.2, 0) is 13.1 Å². The minimum Gasteiger partial charge on any atom is -0.291 e. The van der Waals surface area contributed by atoms with Crippen molar-refractivity contribution in [3.05, 3.63) is 36.6 Å². The van der Waals surface area contributed by atoms with Crippen molar-refractivity contribution in [3.63, 3.8) is 0 Å². The molecule has 0 aliphatic carbocycles. The Labute approximate surface area is 104 Å². The van der Waals surface area contributed by atoms with E-state index in [4.69, 9.17) is 0 Å². The van der Waals surface area contributed by atoms with E-state index in [1.165, 1.54) is 11.5 Å². The molecule has 0 radical (unpaired) electrons. The molecule has 0 bridgehead atoms. The summed E-state index contributed by atoms with van der Waals surface area (Å²) in [6.45, 7) is 5.68. The topological polar surface area (TPSA) is 87.1 Å². The second-order valence-electron chi connectivity index (χ2n) is 4.08. The fraction of sp³-hybridized carbons (Fsp3) is 0.636. The summed E-state index contributed by atoms with van der Waals surface area (Å²) in [5.74, 6) is 0. The van der Waals surface area contributed by atoms with Crippen LogP contribution in [0.3, 0.4) is 0 Å². The van der Waals surface area contributed by atoms with Crippen molar-refractivity contribution >= 4 is 5.69 Å². The summed E-state index contributed by atoms with van der Waals surface area (Å²) >= 11 is 0. The van der Waals surface area contributed by atoms with E-state index in [1.807, 2.05) is 13.8 Å². The fourth-order valence-electron chi connectivity index (χ4n) is 1.90. The summed E-state index contributed by atoms with van der Waals surface area (Å²) in [6.07, 6.45) is 1.24. The average molecular weight is 255 g/mol. The van der Waals surface area contributed by atoms with E-state index >= 15 is 0 Å². The van der Waals surface area contributed by atoms with E-state index in [2.05, 4.69) is 0 Å². The van der Waals surface area contributed by atoms with Crippen LogP contribution in [0.15, 0.2) is 9.59 Å². The zero-order valence-electron chi connectivity index (χ0n) is 10.8. The third kappa shape index (κ3) is 2.34. The number of nitro groups is 1. The molecule has 1 rings (SSSR count). The molecule has 0 spiro atoms. The highest BCUT2D eigenvalue weighted by molar-refractivity contribution is 5.31. The molecular formula is C11H17N3O4. The van der Waals surface area contributed by atoms with Gasteiger partial charge in [0, 0.05) is 13.1 Å². The quantitative estimate of drug-likeness (QED) is 0.581. The van der Waals surface area contributed by atoms with Crippen LogP contribution in [0.1, 0.15) is 32.4 Å². The monoisotopic (exact) mass is 255 g/mol. The third-order valence-electron chi connectivity index (χ3n) is 2.73. The molecule has 0 aliphatic heterocycles. The van der Waals surface area contributed by atoms with Gasteiger partial charge in [0.05, 0.1) is 4.92 Å². The van der Waals surface area contributed by atoms with Gasteiger partial charge in [-0.1, -0.05) is 13.8 Å². The molecule has 0 saturated heterocycles. The van der Waals surface area contributed by atoms with Gasteiger partial charge in [-0.15, -0.1) is 0 Å². The van der Waals surface area contributed by atoms with Crippen LogP contribution in [0.25, 0.3) is 0 Å². The van der Waals surface area contributed by atoms with E-state index < -0.39 is 21.9 Å². The van der Waals surface area contributed by atoms with Gasteiger partial charge in [-0.2, -0.15) is 0 Å². The highest BCUT2D eigenvalue weighted by Crippen LogP contribution is 2.10. The van der Waals surface area contributed by atoms with Gasteiger partial charge in [0.25, 0.3) is 0 Å². The van der Waals surface area contributed by atoms with Crippen LogP contribution in [0.5, 0.6) is 0 Å². The molecule has 0 saturated carbocycles. The Morgan fingerprint density at radius 3 is 2.06 bits per heavy atom. The van der Waals surface area contributed by atoms with Gasteiger partial charge < -0.3 is 0 Å². The summed E-state index contributed by atoms with van der Waals surface area (Å²) in [5, 5.41) is 10.9. The van der Waals surface area contributed by atoms with Gasteiger partial charge in [0.15, 0.2) is 0 Å². The maximum Gasteiger partial charge on any atom is 0.353 e. The van der Waals surface area contributed by atoms with Crippen LogP contribution in [-0.4, -0.2) is 14.1 Å². The molecule has 7 nitrogen and oxygen atoms in total. The predicted molar refractivity (Wildman–Crippen MR) is 66.9 cm³/mol. The minimum atomic E-state index is -0.809. The van der Waals surface area contributed by atoms with Crippen LogP contribution in [0.2, 0.25) is 0 Å². The molecule has 0 amide bonds. The third-order valence-corrected chi connectivity index (χ3v) is 2.73. The van der Waals surface area contributed by atoms with Crippen molar-refractivity contribution in [2.45, 2.75) is 46.7 Å². The van der Waals surface area contributed by atoms with Gasteiger partial charge in [-0.3, -0.25) is 24.0 Å². The molecular weight excluding hydrogens is 238 g/mol.